The van der Waals surface area contributed by atoms with Crippen molar-refractivity contribution in [1.29, 1.82) is 5.26 Å². The first-order valence-electron chi connectivity index (χ1n) is 10.0. The lowest BCUT2D eigenvalue weighted by Crippen LogP contribution is -2.27. The number of benzene rings is 2. The van der Waals surface area contributed by atoms with E-state index in [0.717, 1.165) is 5.56 Å². The summed E-state index contributed by atoms with van der Waals surface area (Å²) < 4.78 is 30.8. The van der Waals surface area contributed by atoms with E-state index in [1.165, 1.54) is 19.2 Å². The maximum atomic E-state index is 13.1. The van der Waals surface area contributed by atoms with Crippen molar-refractivity contribution in [2.75, 3.05) is 7.11 Å². The first-order valence-corrected chi connectivity index (χ1v) is 10.8. The normalized spacial score (nSPS) is 18.1. The number of hydrogen-bond acceptors (Lipinski definition) is 6. The summed E-state index contributed by atoms with van der Waals surface area (Å²) in [5.41, 5.74) is 8.13. The molecule has 0 unspecified atom stereocenters. The SMILES string of the molecule is COc1cc([C@@H]2C(C#N)=C(N)OC3=C2C(=O)CCC3)cc(Br)c1OCc1ccc(F)cc1. The number of carbonyl (C=O) groups is 1. The van der Waals surface area contributed by atoms with E-state index in [9.17, 15) is 14.4 Å². The van der Waals surface area contributed by atoms with Gasteiger partial charge in [0.1, 0.15) is 29.8 Å². The van der Waals surface area contributed by atoms with Crippen LogP contribution in [0.15, 0.2) is 63.7 Å². The predicted molar refractivity (Wildman–Crippen MR) is 118 cm³/mol. The minimum absolute atomic E-state index is 0.0117. The van der Waals surface area contributed by atoms with E-state index in [0.29, 0.717) is 52.1 Å². The third-order valence-electron chi connectivity index (χ3n) is 5.49. The molecule has 6 nitrogen and oxygen atoms in total. The quantitative estimate of drug-likeness (QED) is 0.623. The fourth-order valence-corrected chi connectivity index (χ4v) is 4.55. The molecule has 0 saturated carbocycles. The molecule has 0 saturated heterocycles. The number of Topliss-reactive ketones (excluding diaryl/α,β-unsaturated/α-hetero) is 1. The Morgan fingerprint density at radius 1 is 1.28 bits per heavy atom. The molecular formula is C24H20BrFN2O4. The number of halogens is 2. The number of hydrogen-bond donors (Lipinski definition) is 1. The number of rotatable bonds is 5. The lowest BCUT2D eigenvalue weighted by molar-refractivity contribution is -0.116. The van der Waals surface area contributed by atoms with Crippen LogP contribution in [-0.2, 0) is 16.1 Å². The summed E-state index contributed by atoms with van der Waals surface area (Å²) in [5.74, 6) is 0.389. The fourth-order valence-electron chi connectivity index (χ4n) is 3.97. The van der Waals surface area contributed by atoms with Crippen molar-refractivity contribution in [2.45, 2.75) is 31.8 Å². The van der Waals surface area contributed by atoms with Gasteiger partial charge in [0, 0.05) is 18.4 Å². The van der Waals surface area contributed by atoms with Gasteiger partial charge in [-0.1, -0.05) is 12.1 Å². The molecule has 1 aliphatic heterocycles. The van der Waals surface area contributed by atoms with E-state index in [-0.39, 0.29) is 29.7 Å². The number of nitriles is 1. The van der Waals surface area contributed by atoms with Crippen LogP contribution in [0.2, 0.25) is 0 Å². The Kier molecular flexibility index (Phi) is 6.19. The van der Waals surface area contributed by atoms with Gasteiger partial charge in [-0.05, 0) is 57.7 Å². The van der Waals surface area contributed by atoms with Crippen molar-refractivity contribution in [3.8, 4) is 17.6 Å². The highest BCUT2D eigenvalue weighted by atomic mass is 79.9. The topological polar surface area (TPSA) is 94.6 Å². The Hall–Kier alpha value is -3.31. The van der Waals surface area contributed by atoms with E-state index < -0.39 is 5.92 Å². The Bertz CT molecular complexity index is 1180. The molecule has 4 rings (SSSR count). The molecule has 0 spiro atoms. The average Bonchev–Trinajstić information content (AvgIpc) is 2.78. The largest absolute Gasteiger partial charge is 0.493 e. The van der Waals surface area contributed by atoms with Gasteiger partial charge in [-0.15, -0.1) is 0 Å². The molecule has 2 aromatic rings. The second-order valence-corrected chi connectivity index (χ2v) is 8.34. The molecule has 8 heteroatoms. The van der Waals surface area contributed by atoms with Crippen molar-refractivity contribution in [3.05, 3.63) is 80.6 Å². The van der Waals surface area contributed by atoms with Gasteiger partial charge < -0.3 is 19.9 Å². The predicted octanol–water partition coefficient (Wildman–Crippen LogP) is 4.99. The smallest absolute Gasteiger partial charge is 0.205 e. The average molecular weight is 499 g/mol. The number of nitrogens with two attached hydrogens (primary N) is 1. The van der Waals surface area contributed by atoms with Crippen molar-refractivity contribution in [3.63, 3.8) is 0 Å². The highest BCUT2D eigenvalue weighted by molar-refractivity contribution is 9.10. The molecule has 2 aliphatic rings. The van der Waals surface area contributed by atoms with Crippen LogP contribution in [-0.4, -0.2) is 12.9 Å². The molecule has 0 fully saturated rings. The summed E-state index contributed by atoms with van der Waals surface area (Å²) in [4.78, 5) is 12.8. The van der Waals surface area contributed by atoms with Crippen LogP contribution < -0.4 is 15.2 Å². The maximum absolute atomic E-state index is 13.1. The van der Waals surface area contributed by atoms with Crippen LogP contribution in [0.4, 0.5) is 4.39 Å². The molecule has 0 amide bonds. The molecule has 2 N–H and O–H groups in total. The highest BCUT2D eigenvalue weighted by Crippen LogP contribution is 2.47. The Labute approximate surface area is 193 Å². The highest BCUT2D eigenvalue weighted by Gasteiger charge is 2.38. The van der Waals surface area contributed by atoms with Crippen LogP contribution in [0.5, 0.6) is 11.5 Å². The maximum Gasteiger partial charge on any atom is 0.205 e. The van der Waals surface area contributed by atoms with E-state index in [1.807, 2.05) is 0 Å². The molecule has 1 atom stereocenters. The van der Waals surface area contributed by atoms with Gasteiger partial charge in [0.25, 0.3) is 0 Å². The van der Waals surface area contributed by atoms with E-state index in [1.54, 1.807) is 24.3 Å². The van der Waals surface area contributed by atoms with Gasteiger partial charge in [0.05, 0.1) is 17.5 Å². The summed E-state index contributed by atoms with van der Waals surface area (Å²) in [6, 6.07) is 11.6. The first-order chi connectivity index (χ1) is 15.4. The lowest BCUT2D eigenvalue weighted by Gasteiger charge is -2.31. The standard InChI is InChI=1S/C24H20BrFN2O4/c1-30-20-10-14(9-17(25)23(20)31-12-13-5-7-15(26)8-6-13)21-16(11-27)24(28)32-19-4-2-3-18(29)22(19)21/h5-10,21H,2-4,12,28H2,1H3/t21-/m1/s1. The monoisotopic (exact) mass is 498 g/mol. The summed E-state index contributed by atoms with van der Waals surface area (Å²) in [5, 5.41) is 9.75. The number of methoxy groups -OCH3 is 1. The third-order valence-corrected chi connectivity index (χ3v) is 6.08. The Morgan fingerprint density at radius 3 is 2.72 bits per heavy atom. The molecule has 32 heavy (non-hydrogen) atoms. The van der Waals surface area contributed by atoms with E-state index >= 15 is 0 Å². The van der Waals surface area contributed by atoms with Crippen LogP contribution in [0.1, 0.15) is 36.3 Å². The summed E-state index contributed by atoms with van der Waals surface area (Å²) in [6.45, 7) is 0.204. The summed E-state index contributed by atoms with van der Waals surface area (Å²) in [7, 11) is 1.51. The second kappa shape index (κ2) is 9.05. The minimum Gasteiger partial charge on any atom is -0.493 e. The van der Waals surface area contributed by atoms with E-state index in [4.69, 9.17) is 19.9 Å². The van der Waals surface area contributed by atoms with Crippen molar-refractivity contribution >= 4 is 21.7 Å². The zero-order valence-corrected chi connectivity index (χ0v) is 18.9. The first kappa shape index (κ1) is 21.9. The number of allylic oxidation sites excluding steroid dienone is 3. The molecule has 1 heterocycles. The number of ether oxygens (including phenoxy) is 3. The number of ketones is 1. The number of carbonyl (C=O) groups excluding carboxylic acids is 1. The Balaban J connectivity index is 1.73. The van der Waals surface area contributed by atoms with Gasteiger partial charge in [-0.3, -0.25) is 4.79 Å². The van der Waals surface area contributed by atoms with Gasteiger partial charge in [-0.25, -0.2) is 4.39 Å². The van der Waals surface area contributed by atoms with E-state index in [2.05, 4.69) is 22.0 Å². The molecule has 164 valence electrons. The van der Waals surface area contributed by atoms with Crippen LogP contribution in [0.25, 0.3) is 0 Å². The summed E-state index contributed by atoms with van der Waals surface area (Å²) >= 11 is 3.52. The fraction of sp³-hybridized carbons (Fsp3) is 0.250. The molecule has 0 radical (unpaired) electrons. The van der Waals surface area contributed by atoms with Crippen molar-refractivity contribution in [1.82, 2.24) is 0 Å². The molecule has 0 aromatic heterocycles. The molecule has 2 aromatic carbocycles. The lowest BCUT2D eigenvalue weighted by atomic mass is 9.77. The zero-order chi connectivity index (χ0) is 22.8. The van der Waals surface area contributed by atoms with Gasteiger partial charge >= 0.3 is 0 Å². The zero-order valence-electron chi connectivity index (χ0n) is 17.3. The van der Waals surface area contributed by atoms with Gasteiger partial charge in [0.2, 0.25) is 5.88 Å². The van der Waals surface area contributed by atoms with Crippen molar-refractivity contribution < 1.29 is 23.4 Å². The van der Waals surface area contributed by atoms with Gasteiger partial charge in [-0.2, -0.15) is 5.26 Å². The minimum atomic E-state index is -0.645. The van der Waals surface area contributed by atoms with Crippen LogP contribution in [0.3, 0.4) is 0 Å². The summed E-state index contributed by atoms with van der Waals surface area (Å²) in [6.07, 6.45) is 1.67. The number of nitrogens with zero attached hydrogens (tertiary/aromatic N) is 1. The Morgan fingerprint density at radius 2 is 2.03 bits per heavy atom. The molecular weight excluding hydrogens is 479 g/mol. The van der Waals surface area contributed by atoms with Crippen LogP contribution in [0, 0.1) is 17.1 Å². The molecule has 1 aliphatic carbocycles. The third kappa shape index (κ3) is 4.08. The van der Waals surface area contributed by atoms with Gasteiger partial charge in [0.15, 0.2) is 17.3 Å². The molecule has 0 bridgehead atoms. The van der Waals surface area contributed by atoms with Crippen LogP contribution >= 0.6 is 15.9 Å². The van der Waals surface area contributed by atoms with Crippen molar-refractivity contribution in [2.24, 2.45) is 5.73 Å². The second-order valence-electron chi connectivity index (χ2n) is 7.49.